The van der Waals surface area contributed by atoms with E-state index in [0.717, 1.165) is 24.6 Å². The van der Waals surface area contributed by atoms with Gasteiger partial charge in [0.1, 0.15) is 22.0 Å². The topological polar surface area (TPSA) is 101 Å². The molecule has 0 radical (unpaired) electrons. The molecule has 2 heterocycles. The normalized spacial score (nSPS) is 19.2. The highest BCUT2D eigenvalue weighted by Gasteiger charge is 2.55. The summed E-state index contributed by atoms with van der Waals surface area (Å²) in [5.74, 6) is -8.65. The Hall–Kier alpha value is -2.71. The van der Waals surface area contributed by atoms with Crippen LogP contribution >= 0.6 is 0 Å². The van der Waals surface area contributed by atoms with Gasteiger partial charge in [0.25, 0.3) is 11.8 Å². The SMILES string of the molecule is CC1(Cn2nc(C(C)(F)F)c(C(F)(F)F)c2C(=O)Nc2ccnc([S@@](C)(=N)=O)c2)CC(F)(F)C1. The Morgan fingerprint density at radius 1 is 1.26 bits per heavy atom. The van der Waals surface area contributed by atoms with Crippen molar-refractivity contribution in [1.29, 1.82) is 4.78 Å². The van der Waals surface area contributed by atoms with Gasteiger partial charge in [-0.2, -0.15) is 27.1 Å². The summed E-state index contributed by atoms with van der Waals surface area (Å²) in [6.07, 6.45) is -4.78. The van der Waals surface area contributed by atoms with Crippen molar-refractivity contribution in [1.82, 2.24) is 14.8 Å². The molecule has 0 aromatic carbocycles. The van der Waals surface area contributed by atoms with E-state index < -0.39 is 75.4 Å². The first-order chi connectivity index (χ1) is 15.2. The number of aromatic nitrogens is 3. The van der Waals surface area contributed by atoms with Crippen molar-refractivity contribution < 1.29 is 39.7 Å². The number of nitrogens with zero attached hydrogens (tertiary/aromatic N) is 3. The molecule has 2 N–H and O–H groups in total. The molecule has 3 rings (SSSR count). The van der Waals surface area contributed by atoms with Crippen LogP contribution in [0.1, 0.15) is 48.4 Å². The molecule has 0 unspecified atom stereocenters. The average Bonchev–Trinajstić information content (AvgIpc) is 2.99. The number of anilines is 1. The second-order valence-electron chi connectivity index (χ2n) is 8.82. The Bertz CT molecular complexity index is 1220. The van der Waals surface area contributed by atoms with Gasteiger partial charge in [-0.1, -0.05) is 6.92 Å². The van der Waals surface area contributed by atoms with Gasteiger partial charge in [0.2, 0.25) is 5.92 Å². The lowest BCUT2D eigenvalue weighted by molar-refractivity contribution is -0.160. The van der Waals surface area contributed by atoms with Crippen molar-refractivity contribution in [2.24, 2.45) is 5.41 Å². The summed E-state index contributed by atoms with van der Waals surface area (Å²) in [6.45, 7) is 0.866. The van der Waals surface area contributed by atoms with Crippen LogP contribution in [0.4, 0.5) is 36.4 Å². The number of carbonyl (C=O) groups excluding carboxylic acids is 1. The van der Waals surface area contributed by atoms with Crippen LogP contribution in [-0.2, 0) is 28.4 Å². The monoisotopic (exact) mass is 515 g/mol. The highest BCUT2D eigenvalue weighted by Crippen LogP contribution is 2.53. The van der Waals surface area contributed by atoms with Gasteiger partial charge in [-0.3, -0.25) is 9.48 Å². The van der Waals surface area contributed by atoms with Crippen molar-refractivity contribution in [3.8, 4) is 0 Å². The van der Waals surface area contributed by atoms with Crippen LogP contribution in [0.25, 0.3) is 0 Å². The summed E-state index contributed by atoms with van der Waals surface area (Å²) in [5, 5.41) is 5.14. The first kappa shape index (κ1) is 25.9. The van der Waals surface area contributed by atoms with E-state index in [-0.39, 0.29) is 17.6 Å². The maximum atomic E-state index is 14.1. The number of hydrogen-bond donors (Lipinski definition) is 2. The molecule has 0 aliphatic heterocycles. The molecule has 1 fully saturated rings. The summed E-state index contributed by atoms with van der Waals surface area (Å²) in [4.78, 5) is 16.6. The Morgan fingerprint density at radius 3 is 2.32 bits per heavy atom. The van der Waals surface area contributed by atoms with Gasteiger partial charge in [-0.05, 0) is 17.5 Å². The van der Waals surface area contributed by atoms with E-state index in [2.05, 4.69) is 15.4 Å². The van der Waals surface area contributed by atoms with Crippen molar-refractivity contribution >= 4 is 21.3 Å². The molecule has 1 aliphatic rings. The number of alkyl halides is 7. The minimum atomic E-state index is -5.42. The molecule has 1 amide bonds. The van der Waals surface area contributed by atoms with Gasteiger partial charge < -0.3 is 5.32 Å². The molecule has 7 nitrogen and oxygen atoms in total. The molecular formula is C19H20F7N5O2S. The van der Waals surface area contributed by atoms with Crippen molar-refractivity contribution in [2.45, 2.75) is 56.3 Å². The number of amides is 1. The van der Waals surface area contributed by atoms with E-state index in [0.29, 0.717) is 4.68 Å². The number of pyridine rings is 1. The molecule has 1 atom stereocenters. The third-order valence-electron chi connectivity index (χ3n) is 5.16. The lowest BCUT2D eigenvalue weighted by atomic mass is 9.67. The molecule has 1 aliphatic carbocycles. The van der Waals surface area contributed by atoms with E-state index >= 15 is 0 Å². The minimum Gasteiger partial charge on any atom is -0.320 e. The van der Waals surface area contributed by atoms with Gasteiger partial charge >= 0.3 is 6.18 Å². The zero-order chi connectivity index (χ0) is 25.9. The molecule has 0 saturated heterocycles. The van der Waals surface area contributed by atoms with Crippen LogP contribution in [0.3, 0.4) is 0 Å². The average molecular weight is 515 g/mol. The molecule has 34 heavy (non-hydrogen) atoms. The van der Waals surface area contributed by atoms with Crippen molar-refractivity contribution in [3.05, 3.63) is 35.3 Å². The molecule has 188 valence electrons. The number of rotatable bonds is 6. The zero-order valence-electron chi connectivity index (χ0n) is 18.1. The first-order valence-corrected chi connectivity index (χ1v) is 11.6. The summed E-state index contributed by atoms with van der Waals surface area (Å²) in [7, 11) is -3.34. The third-order valence-corrected chi connectivity index (χ3v) is 6.18. The van der Waals surface area contributed by atoms with E-state index in [1.807, 2.05) is 0 Å². The molecule has 2 aromatic rings. The van der Waals surface area contributed by atoms with Gasteiger partial charge in [0.15, 0.2) is 0 Å². The summed E-state index contributed by atoms with van der Waals surface area (Å²) >= 11 is 0. The second-order valence-corrected chi connectivity index (χ2v) is 10.9. The van der Waals surface area contributed by atoms with Crippen LogP contribution in [0.2, 0.25) is 0 Å². The molecule has 0 spiro atoms. The minimum absolute atomic E-state index is 0.178. The highest BCUT2D eigenvalue weighted by atomic mass is 32.2. The van der Waals surface area contributed by atoms with Crippen LogP contribution in [0, 0.1) is 10.2 Å². The number of hydrogen-bond acceptors (Lipinski definition) is 5. The lowest BCUT2D eigenvalue weighted by Crippen LogP contribution is -2.47. The van der Waals surface area contributed by atoms with Crippen LogP contribution < -0.4 is 5.32 Å². The van der Waals surface area contributed by atoms with Crippen LogP contribution in [-0.4, -0.2) is 37.1 Å². The highest BCUT2D eigenvalue weighted by molar-refractivity contribution is 7.91. The maximum absolute atomic E-state index is 14.1. The maximum Gasteiger partial charge on any atom is 0.420 e. The standard InChI is InChI=1S/C19H20F7N5O2S/c1-16(7-18(22,23)8-16)9-31-13(12(19(24,25)26)14(30-31)17(2,20)21)15(32)29-10-4-5-28-11(6-10)34(3,27)33/h4-6,27H,7-9H2,1-3H3,(H,28,29,32)/t34-/m0/s1. The smallest absolute Gasteiger partial charge is 0.320 e. The predicted octanol–water partition coefficient (Wildman–Crippen LogP) is 5.13. The fourth-order valence-electron chi connectivity index (χ4n) is 3.94. The third kappa shape index (κ3) is 5.33. The van der Waals surface area contributed by atoms with Gasteiger partial charge in [-0.25, -0.2) is 22.8 Å². The Labute approximate surface area is 189 Å². The Morgan fingerprint density at radius 2 is 1.85 bits per heavy atom. The fourth-order valence-corrected chi connectivity index (χ4v) is 4.56. The molecule has 15 heteroatoms. The first-order valence-electron chi connectivity index (χ1n) is 9.67. The molecular weight excluding hydrogens is 495 g/mol. The van der Waals surface area contributed by atoms with Crippen molar-refractivity contribution in [2.75, 3.05) is 11.6 Å². The molecule has 2 aromatic heterocycles. The largest absolute Gasteiger partial charge is 0.420 e. The van der Waals surface area contributed by atoms with E-state index in [9.17, 15) is 39.7 Å². The molecule has 0 bridgehead atoms. The van der Waals surface area contributed by atoms with E-state index in [1.54, 1.807) is 0 Å². The van der Waals surface area contributed by atoms with Gasteiger partial charge in [0, 0.05) is 44.5 Å². The Kier molecular flexibility index (Phi) is 6.03. The van der Waals surface area contributed by atoms with Gasteiger partial charge in [0.05, 0.1) is 9.73 Å². The zero-order valence-corrected chi connectivity index (χ0v) is 18.9. The van der Waals surface area contributed by atoms with Crippen molar-refractivity contribution in [3.63, 3.8) is 0 Å². The predicted molar refractivity (Wildman–Crippen MR) is 106 cm³/mol. The number of halogens is 7. The fraction of sp³-hybridized carbons (Fsp3) is 0.526. The lowest BCUT2D eigenvalue weighted by Gasteiger charge is -2.44. The summed E-state index contributed by atoms with van der Waals surface area (Å²) in [6, 6.07) is 2.12. The van der Waals surface area contributed by atoms with E-state index in [1.165, 1.54) is 6.92 Å². The quantitative estimate of drug-likeness (QED) is 0.521. The molecule has 1 saturated carbocycles. The van der Waals surface area contributed by atoms with Gasteiger partial charge in [-0.15, -0.1) is 0 Å². The van der Waals surface area contributed by atoms with Crippen LogP contribution in [0.15, 0.2) is 23.4 Å². The summed E-state index contributed by atoms with van der Waals surface area (Å²) < 4.78 is 116. The Balaban J connectivity index is 2.12. The van der Waals surface area contributed by atoms with E-state index in [4.69, 9.17) is 4.78 Å². The van der Waals surface area contributed by atoms with Crippen LogP contribution in [0.5, 0.6) is 0 Å². The number of carbonyl (C=O) groups is 1. The second kappa shape index (κ2) is 7.92. The summed E-state index contributed by atoms with van der Waals surface area (Å²) in [5.41, 5.74) is -6.46. The number of nitrogens with one attached hydrogen (secondary N) is 2.